The summed E-state index contributed by atoms with van der Waals surface area (Å²) in [4.78, 5) is 0. The molecule has 0 radical (unpaired) electrons. The van der Waals surface area contributed by atoms with E-state index in [-0.39, 0.29) is 0 Å². The number of aryl methyl sites for hydroxylation is 1. The molecule has 3 aromatic heterocycles. The molecule has 3 aliphatic rings. The van der Waals surface area contributed by atoms with Gasteiger partial charge in [-0.15, -0.1) is 0 Å². The summed E-state index contributed by atoms with van der Waals surface area (Å²) in [5.74, 6) is 0. The van der Waals surface area contributed by atoms with Crippen molar-refractivity contribution in [2.75, 3.05) is 0 Å². The number of fused-ring (bicyclic) bond motifs is 12. The number of nitrogens with zero attached hydrogens (tertiary/aromatic N) is 3. The molecule has 0 unspecified atom stereocenters. The van der Waals surface area contributed by atoms with Gasteiger partial charge in [-0.2, -0.15) is 0 Å². The normalized spacial score (nSPS) is 14.3. The Morgan fingerprint density at radius 3 is 1.17 bits per heavy atom. The molecular weight excluding hydrogens is 859 g/mol. The minimum atomic E-state index is 0.995. The van der Waals surface area contributed by atoms with E-state index in [1.54, 1.807) is 0 Å². The lowest BCUT2D eigenvalue weighted by atomic mass is 9.80. The summed E-state index contributed by atoms with van der Waals surface area (Å²) < 4.78 is 7.93. The lowest BCUT2D eigenvalue weighted by Gasteiger charge is -2.25. The minimum Gasteiger partial charge on any atom is -0.308 e. The van der Waals surface area contributed by atoms with Crippen LogP contribution < -0.4 is 0 Å². The van der Waals surface area contributed by atoms with Crippen LogP contribution in [-0.4, -0.2) is 13.7 Å². The molecule has 15 rings (SSSR count). The minimum absolute atomic E-state index is 0.995. The fourth-order valence-electron chi connectivity index (χ4n) is 13.0. The Hall–Kier alpha value is -8.92. The number of aromatic nitrogens is 3. The first-order valence-electron chi connectivity index (χ1n) is 25.0. The third-order valence-electron chi connectivity index (χ3n) is 15.8. The van der Waals surface area contributed by atoms with Gasteiger partial charge in [0.15, 0.2) is 0 Å². The largest absolute Gasteiger partial charge is 0.308 e. The first kappa shape index (κ1) is 40.0. The summed E-state index contributed by atoms with van der Waals surface area (Å²) in [7, 11) is 0. The highest BCUT2D eigenvalue weighted by Crippen LogP contribution is 2.63. The second-order valence-corrected chi connectivity index (χ2v) is 19.4. The number of hydrogen-bond acceptors (Lipinski definition) is 0. The Bertz CT molecular complexity index is 4270. The Kier molecular flexibility index (Phi) is 8.62. The zero-order valence-electron chi connectivity index (χ0n) is 39.6. The van der Waals surface area contributed by atoms with Crippen LogP contribution in [0.4, 0.5) is 0 Å². The monoisotopic (exact) mass is 905 g/mol. The number of allylic oxidation sites excluding steroid dienone is 6. The van der Waals surface area contributed by atoms with Crippen molar-refractivity contribution in [2.45, 2.75) is 26.7 Å². The van der Waals surface area contributed by atoms with Gasteiger partial charge in [-0.1, -0.05) is 188 Å². The molecule has 0 aliphatic heterocycles. The van der Waals surface area contributed by atoms with Crippen molar-refractivity contribution < 1.29 is 0 Å². The molecule has 334 valence electrons. The molecule has 0 N–H and O–H groups in total. The fourth-order valence-corrected chi connectivity index (χ4v) is 13.0. The molecule has 0 fully saturated rings. The fraction of sp³-hybridized carbons (Fsp3) is 0.0588. The summed E-state index contributed by atoms with van der Waals surface area (Å²) in [6.07, 6.45) is 6.82. The molecule has 0 saturated carbocycles. The molecule has 3 heterocycles. The van der Waals surface area contributed by atoms with Gasteiger partial charge in [0.25, 0.3) is 0 Å². The maximum absolute atomic E-state index is 2.68. The van der Waals surface area contributed by atoms with Crippen LogP contribution in [-0.2, 0) is 6.42 Å². The van der Waals surface area contributed by atoms with E-state index in [0.29, 0.717) is 0 Å². The molecule has 3 nitrogen and oxygen atoms in total. The van der Waals surface area contributed by atoms with Crippen LogP contribution in [0.3, 0.4) is 0 Å². The second kappa shape index (κ2) is 15.3. The van der Waals surface area contributed by atoms with Crippen molar-refractivity contribution in [3.8, 4) is 22.3 Å². The lowest BCUT2D eigenvalue weighted by molar-refractivity contribution is 0.972. The summed E-state index contributed by atoms with van der Waals surface area (Å²) in [6, 6.07) is 78.9. The Balaban J connectivity index is 1.25. The van der Waals surface area contributed by atoms with E-state index in [1.807, 2.05) is 0 Å². The predicted octanol–water partition coefficient (Wildman–Crippen LogP) is 17.5. The van der Waals surface area contributed by atoms with E-state index in [4.69, 9.17) is 0 Å². The molecule has 0 amide bonds. The van der Waals surface area contributed by atoms with Crippen molar-refractivity contribution in [1.82, 2.24) is 13.7 Å². The van der Waals surface area contributed by atoms with E-state index >= 15 is 0 Å². The summed E-state index contributed by atoms with van der Waals surface area (Å²) in [5.41, 5.74) is 27.3. The highest BCUT2D eigenvalue weighted by molar-refractivity contribution is 6.37. The third kappa shape index (κ3) is 5.49. The van der Waals surface area contributed by atoms with Gasteiger partial charge in [0.05, 0.1) is 44.7 Å². The topological polar surface area (TPSA) is 14.8 Å². The van der Waals surface area contributed by atoms with Crippen molar-refractivity contribution in [3.05, 3.63) is 263 Å². The number of benzene rings is 9. The van der Waals surface area contributed by atoms with Crippen LogP contribution >= 0.6 is 0 Å². The van der Waals surface area contributed by atoms with Gasteiger partial charge in [-0.05, 0) is 113 Å². The molecular formula is C68H47N3. The van der Waals surface area contributed by atoms with Crippen molar-refractivity contribution in [1.29, 1.82) is 0 Å². The van der Waals surface area contributed by atoms with E-state index in [2.05, 4.69) is 252 Å². The molecule has 0 bridgehead atoms. The quantitative estimate of drug-likeness (QED) is 0.158. The number of para-hydroxylation sites is 5. The lowest BCUT2D eigenvalue weighted by Crippen LogP contribution is -2.10. The SMILES string of the molecule is Cc1c2c(c(C)c(-c3ccccc3)c1-c1ccccc1)C(n1c3c(c4ccccc41)CCC=C3)=C1C2=C(c2ccccc2)C(n2c3ccccc3c3ccccc32)=C1n1c2ccccc2c2ccccc21. The highest BCUT2D eigenvalue weighted by Gasteiger charge is 2.46. The van der Waals surface area contributed by atoms with Crippen molar-refractivity contribution in [2.24, 2.45) is 0 Å². The zero-order chi connectivity index (χ0) is 46.9. The summed E-state index contributed by atoms with van der Waals surface area (Å²) in [6.45, 7) is 4.81. The summed E-state index contributed by atoms with van der Waals surface area (Å²) >= 11 is 0. The molecule has 0 spiro atoms. The van der Waals surface area contributed by atoms with Gasteiger partial charge in [0.1, 0.15) is 0 Å². The van der Waals surface area contributed by atoms with Crippen LogP contribution in [0.5, 0.6) is 0 Å². The molecule has 3 heteroatoms. The van der Waals surface area contributed by atoms with Gasteiger partial charge in [-0.3, -0.25) is 0 Å². The van der Waals surface area contributed by atoms with Crippen molar-refractivity contribution >= 4 is 88.8 Å². The van der Waals surface area contributed by atoms with Crippen molar-refractivity contribution in [3.63, 3.8) is 0 Å². The van der Waals surface area contributed by atoms with E-state index < -0.39 is 0 Å². The molecule has 71 heavy (non-hydrogen) atoms. The molecule has 12 aromatic rings. The van der Waals surface area contributed by atoms with E-state index in [9.17, 15) is 0 Å². The molecule has 0 saturated heterocycles. The first-order chi connectivity index (χ1) is 35.2. The van der Waals surface area contributed by atoms with Crippen LogP contribution in [0.25, 0.3) is 111 Å². The first-order valence-corrected chi connectivity index (χ1v) is 25.0. The smallest absolute Gasteiger partial charge is 0.0810 e. The average molecular weight is 906 g/mol. The molecule has 9 aromatic carbocycles. The second-order valence-electron chi connectivity index (χ2n) is 19.4. The standard InChI is InChI=1S/C68H47N3/c1-42-59(44-24-6-3-7-25-44)60(45-26-8-4-9-27-45)43(2)62-61(42)64-63(46-28-10-5-11-29-46)67(70-55-38-20-14-32-49(55)50-33-15-21-39-56(50)70)68(71-57-40-22-16-34-51(57)52-35-17-23-41-58(52)71)65(64)66(62)69-53-36-18-12-30-47(53)48-31-13-19-37-54(48)69/h3-12,14-30,32-41H,13,31H2,1-2H3. The Morgan fingerprint density at radius 2 is 0.690 bits per heavy atom. The third-order valence-corrected chi connectivity index (χ3v) is 15.8. The van der Waals surface area contributed by atoms with Gasteiger partial charge in [0.2, 0.25) is 0 Å². The highest BCUT2D eigenvalue weighted by atomic mass is 15.1. The predicted molar refractivity (Wildman–Crippen MR) is 300 cm³/mol. The van der Waals surface area contributed by atoms with Gasteiger partial charge in [-0.25, -0.2) is 0 Å². The van der Waals surface area contributed by atoms with Crippen LogP contribution in [0.1, 0.15) is 45.5 Å². The molecule has 3 aliphatic carbocycles. The van der Waals surface area contributed by atoms with Crippen LogP contribution in [0.2, 0.25) is 0 Å². The van der Waals surface area contributed by atoms with Gasteiger partial charge < -0.3 is 13.7 Å². The zero-order valence-corrected chi connectivity index (χ0v) is 39.6. The number of hydrogen-bond donors (Lipinski definition) is 0. The number of rotatable bonds is 6. The maximum atomic E-state index is 2.68. The average Bonchev–Trinajstić information content (AvgIpc) is 4.22. The van der Waals surface area contributed by atoms with Gasteiger partial charge >= 0.3 is 0 Å². The van der Waals surface area contributed by atoms with Gasteiger partial charge in [0, 0.05) is 54.9 Å². The maximum Gasteiger partial charge on any atom is 0.0810 e. The summed E-state index contributed by atoms with van der Waals surface area (Å²) in [5, 5.41) is 6.28. The van der Waals surface area contributed by atoms with E-state index in [0.717, 1.165) is 12.8 Å². The van der Waals surface area contributed by atoms with Crippen LogP contribution in [0, 0.1) is 13.8 Å². The van der Waals surface area contributed by atoms with Crippen LogP contribution in [0.15, 0.2) is 224 Å². The Labute approximate surface area is 412 Å². The van der Waals surface area contributed by atoms with E-state index in [1.165, 1.54) is 150 Å². The Morgan fingerprint density at radius 1 is 0.310 bits per heavy atom. The molecule has 0 atom stereocenters.